The van der Waals surface area contributed by atoms with Gasteiger partial charge in [-0.1, -0.05) is 6.07 Å². The van der Waals surface area contributed by atoms with Crippen LogP contribution in [0.15, 0.2) is 17.5 Å². The molecule has 1 aliphatic rings. The van der Waals surface area contributed by atoms with Crippen LogP contribution in [-0.2, 0) is 4.74 Å². The molecule has 1 saturated heterocycles. The summed E-state index contributed by atoms with van der Waals surface area (Å²) >= 11 is 1.72. The van der Waals surface area contributed by atoms with Gasteiger partial charge in [0.1, 0.15) is 0 Å². The van der Waals surface area contributed by atoms with Gasteiger partial charge in [0.2, 0.25) is 0 Å². The van der Waals surface area contributed by atoms with Crippen molar-refractivity contribution >= 4 is 11.3 Å². The molecule has 3 nitrogen and oxygen atoms in total. The zero-order valence-corrected chi connectivity index (χ0v) is 10.3. The largest absolute Gasteiger partial charge is 0.377 e. The maximum atomic E-state index is 6.06. The summed E-state index contributed by atoms with van der Waals surface area (Å²) < 4.78 is 5.65. The summed E-state index contributed by atoms with van der Waals surface area (Å²) in [4.78, 5) is 1.25. The Bertz CT molecular complexity index is 283. The van der Waals surface area contributed by atoms with Crippen LogP contribution in [0.2, 0.25) is 0 Å². The molecule has 0 spiro atoms. The Hall–Kier alpha value is -0.420. The Balaban J connectivity index is 1.63. The molecule has 2 heterocycles. The molecule has 2 rings (SSSR count). The summed E-state index contributed by atoms with van der Waals surface area (Å²) in [5.74, 6) is 0. The van der Waals surface area contributed by atoms with Gasteiger partial charge in [-0.3, -0.25) is 0 Å². The molecule has 2 atom stereocenters. The van der Waals surface area contributed by atoms with Crippen molar-refractivity contribution < 1.29 is 4.74 Å². The highest BCUT2D eigenvalue weighted by Crippen LogP contribution is 2.16. The second-order valence-electron chi connectivity index (χ2n) is 4.27. The maximum absolute atomic E-state index is 6.06. The van der Waals surface area contributed by atoms with E-state index in [9.17, 15) is 0 Å². The number of rotatable bonds is 5. The minimum Gasteiger partial charge on any atom is -0.377 e. The van der Waals surface area contributed by atoms with E-state index >= 15 is 0 Å². The summed E-state index contributed by atoms with van der Waals surface area (Å²) in [6.07, 6.45) is 4.08. The van der Waals surface area contributed by atoms with Gasteiger partial charge in [-0.15, -0.1) is 11.3 Å². The van der Waals surface area contributed by atoms with Crippen molar-refractivity contribution in [3.8, 4) is 0 Å². The van der Waals surface area contributed by atoms with Crippen molar-refractivity contribution in [2.75, 3.05) is 19.7 Å². The van der Waals surface area contributed by atoms with Gasteiger partial charge in [-0.05, 0) is 30.7 Å². The second kappa shape index (κ2) is 6.35. The number of nitrogens with two attached hydrogens (primary N) is 1. The first-order chi connectivity index (χ1) is 7.86. The first-order valence-electron chi connectivity index (χ1n) is 5.97. The molecule has 1 fully saturated rings. The Kier molecular flexibility index (Phi) is 4.78. The van der Waals surface area contributed by atoms with Crippen LogP contribution in [0, 0.1) is 0 Å². The molecule has 0 radical (unpaired) electrons. The maximum Gasteiger partial charge on any atom is 0.0699 e. The van der Waals surface area contributed by atoms with Gasteiger partial charge >= 0.3 is 0 Å². The van der Waals surface area contributed by atoms with E-state index in [4.69, 9.17) is 10.5 Å². The van der Waals surface area contributed by atoms with E-state index in [0.717, 1.165) is 19.7 Å². The van der Waals surface area contributed by atoms with Crippen LogP contribution in [-0.4, -0.2) is 25.8 Å². The summed E-state index contributed by atoms with van der Waals surface area (Å²) in [6.45, 7) is 2.68. The van der Waals surface area contributed by atoms with E-state index in [1.807, 2.05) is 6.07 Å². The molecule has 0 bridgehead atoms. The molecule has 1 aliphatic heterocycles. The van der Waals surface area contributed by atoms with Crippen molar-refractivity contribution in [2.45, 2.75) is 31.4 Å². The van der Waals surface area contributed by atoms with Gasteiger partial charge in [-0.25, -0.2) is 0 Å². The smallest absolute Gasteiger partial charge is 0.0699 e. The number of hydrogen-bond donors (Lipinski definition) is 2. The van der Waals surface area contributed by atoms with E-state index in [1.54, 1.807) is 11.3 Å². The van der Waals surface area contributed by atoms with Crippen LogP contribution in [0.5, 0.6) is 0 Å². The SMILES string of the molecule is NC(CNCC1CCCCO1)c1cccs1. The Labute approximate surface area is 101 Å². The third-order valence-electron chi connectivity index (χ3n) is 2.92. The van der Waals surface area contributed by atoms with E-state index in [1.165, 1.54) is 24.1 Å². The zero-order valence-electron chi connectivity index (χ0n) is 9.52. The fraction of sp³-hybridized carbons (Fsp3) is 0.667. The highest BCUT2D eigenvalue weighted by Gasteiger charge is 2.14. The highest BCUT2D eigenvalue weighted by molar-refractivity contribution is 7.10. The minimum absolute atomic E-state index is 0.114. The molecule has 0 aliphatic carbocycles. The third kappa shape index (κ3) is 3.56. The predicted molar refractivity (Wildman–Crippen MR) is 67.7 cm³/mol. The Morgan fingerprint density at radius 2 is 2.50 bits per heavy atom. The predicted octanol–water partition coefficient (Wildman–Crippen LogP) is 1.91. The lowest BCUT2D eigenvalue weighted by atomic mass is 10.1. The lowest BCUT2D eigenvalue weighted by Crippen LogP contribution is -2.35. The summed E-state index contributed by atoms with van der Waals surface area (Å²) in [6, 6.07) is 4.25. The van der Waals surface area contributed by atoms with Gasteiger partial charge in [0.05, 0.1) is 12.1 Å². The quantitative estimate of drug-likeness (QED) is 0.826. The van der Waals surface area contributed by atoms with Crippen molar-refractivity contribution in [1.82, 2.24) is 5.32 Å². The molecule has 2 unspecified atom stereocenters. The molecule has 0 amide bonds. The lowest BCUT2D eigenvalue weighted by Gasteiger charge is -2.23. The summed E-state index contributed by atoms with van der Waals surface area (Å²) in [7, 11) is 0. The first kappa shape index (κ1) is 12.0. The molecule has 90 valence electrons. The van der Waals surface area contributed by atoms with Crippen LogP contribution in [0.25, 0.3) is 0 Å². The van der Waals surface area contributed by atoms with E-state index in [2.05, 4.69) is 16.8 Å². The van der Waals surface area contributed by atoms with Gasteiger partial charge in [0.25, 0.3) is 0 Å². The minimum atomic E-state index is 0.114. The molecule has 3 N–H and O–H groups in total. The number of ether oxygens (including phenoxy) is 1. The number of nitrogens with one attached hydrogen (secondary N) is 1. The molecule has 4 heteroatoms. The van der Waals surface area contributed by atoms with Gasteiger partial charge in [0.15, 0.2) is 0 Å². The fourth-order valence-electron chi connectivity index (χ4n) is 1.97. The highest BCUT2D eigenvalue weighted by atomic mass is 32.1. The molecular weight excluding hydrogens is 220 g/mol. The van der Waals surface area contributed by atoms with Crippen LogP contribution in [0.4, 0.5) is 0 Å². The fourth-order valence-corrected chi connectivity index (χ4v) is 2.70. The van der Waals surface area contributed by atoms with Crippen molar-refractivity contribution in [2.24, 2.45) is 5.73 Å². The molecule has 1 aromatic heterocycles. The van der Waals surface area contributed by atoms with Gasteiger partial charge in [0, 0.05) is 24.6 Å². The van der Waals surface area contributed by atoms with E-state index < -0.39 is 0 Å². The second-order valence-corrected chi connectivity index (χ2v) is 5.25. The standard InChI is InChI=1S/C12H20N2OS/c13-11(12-5-3-7-16-12)9-14-8-10-4-1-2-6-15-10/h3,5,7,10-11,14H,1-2,4,6,8-9,13H2. The third-order valence-corrected chi connectivity index (χ3v) is 3.92. The molecule has 16 heavy (non-hydrogen) atoms. The Morgan fingerprint density at radius 3 is 3.19 bits per heavy atom. The van der Waals surface area contributed by atoms with Crippen LogP contribution in [0.1, 0.15) is 30.2 Å². The zero-order chi connectivity index (χ0) is 11.2. The van der Waals surface area contributed by atoms with Crippen LogP contribution >= 0.6 is 11.3 Å². The van der Waals surface area contributed by atoms with Crippen molar-refractivity contribution in [3.05, 3.63) is 22.4 Å². The van der Waals surface area contributed by atoms with E-state index in [-0.39, 0.29) is 6.04 Å². The van der Waals surface area contributed by atoms with Gasteiger partial charge < -0.3 is 15.8 Å². The average Bonchev–Trinajstić information content (AvgIpc) is 2.84. The van der Waals surface area contributed by atoms with Gasteiger partial charge in [-0.2, -0.15) is 0 Å². The average molecular weight is 240 g/mol. The lowest BCUT2D eigenvalue weighted by molar-refractivity contribution is 0.0169. The molecule has 0 aromatic carbocycles. The summed E-state index contributed by atoms with van der Waals surface area (Å²) in [5.41, 5.74) is 6.06. The topological polar surface area (TPSA) is 47.3 Å². The first-order valence-corrected chi connectivity index (χ1v) is 6.85. The van der Waals surface area contributed by atoms with Crippen molar-refractivity contribution in [1.29, 1.82) is 0 Å². The van der Waals surface area contributed by atoms with Crippen LogP contribution < -0.4 is 11.1 Å². The molecular formula is C12H20N2OS. The Morgan fingerprint density at radius 1 is 1.56 bits per heavy atom. The monoisotopic (exact) mass is 240 g/mol. The number of hydrogen-bond acceptors (Lipinski definition) is 4. The normalized spacial score (nSPS) is 23.2. The molecule has 1 aromatic rings. The summed E-state index contributed by atoms with van der Waals surface area (Å²) in [5, 5.41) is 5.47. The molecule has 0 saturated carbocycles. The van der Waals surface area contributed by atoms with E-state index in [0.29, 0.717) is 6.10 Å². The number of thiophene rings is 1. The van der Waals surface area contributed by atoms with Crippen LogP contribution in [0.3, 0.4) is 0 Å². The van der Waals surface area contributed by atoms with Crippen molar-refractivity contribution in [3.63, 3.8) is 0 Å².